The third kappa shape index (κ3) is 3.54. The Balaban J connectivity index is 1.44. The van der Waals surface area contributed by atoms with Gasteiger partial charge in [0.1, 0.15) is 0 Å². The maximum absolute atomic E-state index is 12.7. The lowest BCUT2D eigenvalue weighted by molar-refractivity contribution is 0.0706. The number of nitrogens with zero attached hydrogens (tertiary/aromatic N) is 3. The average Bonchev–Trinajstić information content (AvgIpc) is 3.19. The van der Waals surface area contributed by atoms with Gasteiger partial charge in [-0.2, -0.15) is 5.10 Å². The third-order valence-corrected chi connectivity index (χ3v) is 5.19. The van der Waals surface area contributed by atoms with E-state index in [2.05, 4.69) is 26.5 Å². The fraction of sp³-hybridized carbons (Fsp3) is 0.474. The molecule has 4 rings (SSSR count). The van der Waals surface area contributed by atoms with Gasteiger partial charge in [0, 0.05) is 62.5 Å². The molecular weight excluding hydrogens is 314 g/mol. The number of H-pyrrole nitrogens is 1. The van der Waals surface area contributed by atoms with Crippen LogP contribution in [-0.4, -0.2) is 60.3 Å². The summed E-state index contributed by atoms with van der Waals surface area (Å²) in [4.78, 5) is 17.0. The van der Waals surface area contributed by atoms with Gasteiger partial charge in [0.25, 0.3) is 5.91 Å². The van der Waals surface area contributed by atoms with Gasteiger partial charge in [-0.3, -0.25) is 9.89 Å². The quantitative estimate of drug-likeness (QED) is 0.896. The summed E-state index contributed by atoms with van der Waals surface area (Å²) in [5, 5.41) is 11.1. The summed E-state index contributed by atoms with van der Waals surface area (Å²) in [6, 6.07) is 11.7. The Morgan fingerprint density at radius 2 is 1.92 bits per heavy atom. The first-order valence-electron chi connectivity index (χ1n) is 9.16. The Morgan fingerprint density at radius 3 is 2.72 bits per heavy atom. The van der Waals surface area contributed by atoms with Gasteiger partial charge in [-0.05, 0) is 25.0 Å². The maximum Gasteiger partial charge on any atom is 0.253 e. The van der Waals surface area contributed by atoms with E-state index in [4.69, 9.17) is 0 Å². The summed E-state index contributed by atoms with van der Waals surface area (Å²) in [6.07, 6.45) is 2.13. The Kier molecular flexibility index (Phi) is 4.70. The van der Waals surface area contributed by atoms with Gasteiger partial charge >= 0.3 is 0 Å². The number of nitrogens with one attached hydrogen (secondary N) is 2. The van der Waals surface area contributed by atoms with Crippen molar-refractivity contribution in [1.29, 1.82) is 0 Å². The first kappa shape index (κ1) is 16.1. The van der Waals surface area contributed by atoms with Gasteiger partial charge in [-0.15, -0.1) is 0 Å². The van der Waals surface area contributed by atoms with E-state index >= 15 is 0 Å². The zero-order chi connectivity index (χ0) is 17.1. The second kappa shape index (κ2) is 7.27. The van der Waals surface area contributed by atoms with E-state index in [-0.39, 0.29) is 5.91 Å². The highest BCUT2D eigenvalue weighted by atomic mass is 16.2. The predicted octanol–water partition coefficient (Wildman–Crippen LogP) is 1.84. The van der Waals surface area contributed by atoms with E-state index in [0.717, 1.165) is 69.2 Å². The van der Waals surface area contributed by atoms with Crippen LogP contribution in [0.15, 0.2) is 36.4 Å². The highest BCUT2D eigenvalue weighted by Gasteiger charge is 2.27. The van der Waals surface area contributed by atoms with Gasteiger partial charge < -0.3 is 15.1 Å². The van der Waals surface area contributed by atoms with Crippen LogP contribution in [0, 0.1) is 0 Å². The molecule has 1 unspecified atom stereocenters. The lowest BCUT2D eigenvalue weighted by Gasteiger charge is -2.32. The van der Waals surface area contributed by atoms with Gasteiger partial charge in [-0.25, -0.2) is 0 Å². The molecule has 6 heteroatoms. The number of hydrogen-bond donors (Lipinski definition) is 2. The van der Waals surface area contributed by atoms with Gasteiger partial charge in [-0.1, -0.05) is 18.2 Å². The largest absolute Gasteiger partial charge is 0.353 e. The number of carbonyl (C=O) groups is 1. The van der Waals surface area contributed by atoms with Crippen LogP contribution < -0.4 is 10.2 Å². The summed E-state index contributed by atoms with van der Waals surface area (Å²) in [6.45, 7) is 5.59. The number of carbonyl (C=O) groups excluding carboxylic acids is 1. The Labute approximate surface area is 148 Å². The number of rotatable bonds is 3. The zero-order valence-corrected chi connectivity index (χ0v) is 14.4. The van der Waals surface area contributed by atoms with Crippen molar-refractivity contribution in [3.05, 3.63) is 47.7 Å². The van der Waals surface area contributed by atoms with Crippen LogP contribution in [-0.2, 0) is 0 Å². The average molecular weight is 339 g/mol. The lowest BCUT2D eigenvalue weighted by atomic mass is 9.94. The predicted molar refractivity (Wildman–Crippen MR) is 98.0 cm³/mol. The van der Waals surface area contributed by atoms with E-state index in [0.29, 0.717) is 5.92 Å². The molecule has 0 bridgehead atoms. The normalized spacial score (nSPS) is 21.4. The highest BCUT2D eigenvalue weighted by Crippen LogP contribution is 2.28. The van der Waals surface area contributed by atoms with Crippen LogP contribution in [0.25, 0.3) is 0 Å². The molecule has 2 fully saturated rings. The molecule has 0 aliphatic carbocycles. The smallest absolute Gasteiger partial charge is 0.253 e. The Hall–Kier alpha value is -2.34. The molecule has 2 aromatic rings. The Morgan fingerprint density at radius 1 is 1.12 bits per heavy atom. The minimum absolute atomic E-state index is 0.132. The van der Waals surface area contributed by atoms with Crippen molar-refractivity contribution < 1.29 is 4.79 Å². The van der Waals surface area contributed by atoms with Crippen molar-refractivity contribution in [2.75, 3.05) is 44.2 Å². The van der Waals surface area contributed by atoms with Crippen molar-refractivity contribution in [2.24, 2.45) is 0 Å². The standard InChI is InChI=1S/C19H25N5O/c25-19(15-5-2-1-3-6-15)24-10-4-7-16(14-24)17-13-18(22-21-17)23-11-8-20-9-12-23/h1-3,5-6,13,16,20H,4,7-12,14H2,(H,21,22). The number of likely N-dealkylation sites (tertiary alicyclic amines) is 1. The maximum atomic E-state index is 12.7. The molecule has 1 aromatic heterocycles. The first-order chi connectivity index (χ1) is 12.3. The minimum atomic E-state index is 0.132. The van der Waals surface area contributed by atoms with E-state index in [9.17, 15) is 4.79 Å². The summed E-state index contributed by atoms with van der Waals surface area (Å²) in [5.74, 6) is 1.50. The monoisotopic (exact) mass is 339 g/mol. The van der Waals surface area contributed by atoms with E-state index in [1.54, 1.807) is 0 Å². The number of aromatic nitrogens is 2. The van der Waals surface area contributed by atoms with Crippen LogP contribution >= 0.6 is 0 Å². The zero-order valence-electron chi connectivity index (χ0n) is 14.4. The van der Waals surface area contributed by atoms with Crippen molar-refractivity contribution in [2.45, 2.75) is 18.8 Å². The molecule has 2 aliphatic heterocycles. The molecule has 1 amide bonds. The van der Waals surface area contributed by atoms with Crippen LogP contribution in [0.5, 0.6) is 0 Å². The number of hydrogen-bond acceptors (Lipinski definition) is 4. The molecule has 0 radical (unpaired) electrons. The number of piperidine rings is 1. The SMILES string of the molecule is O=C(c1ccccc1)N1CCCC(c2cc(N3CCNCC3)n[nH]2)C1. The minimum Gasteiger partial charge on any atom is -0.353 e. The third-order valence-electron chi connectivity index (χ3n) is 5.19. The molecule has 1 atom stereocenters. The summed E-state index contributed by atoms with van der Waals surface area (Å²) in [7, 11) is 0. The molecular formula is C19H25N5O. The van der Waals surface area contributed by atoms with Crippen molar-refractivity contribution in [3.63, 3.8) is 0 Å². The molecule has 132 valence electrons. The number of piperazine rings is 1. The Bertz CT molecular complexity index is 708. The molecule has 3 heterocycles. The summed E-state index contributed by atoms with van der Waals surface area (Å²) >= 11 is 0. The molecule has 1 aromatic carbocycles. The van der Waals surface area contributed by atoms with Crippen molar-refractivity contribution in [3.8, 4) is 0 Å². The number of aromatic amines is 1. The number of amides is 1. The van der Waals surface area contributed by atoms with Gasteiger partial charge in [0.05, 0.1) is 0 Å². The van der Waals surface area contributed by atoms with Crippen LogP contribution in [0.2, 0.25) is 0 Å². The molecule has 0 saturated carbocycles. The second-order valence-electron chi connectivity index (χ2n) is 6.87. The van der Waals surface area contributed by atoms with Crippen molar-refractivity contribution in [1.82, 2.24) is 20.4 Å². The van der Waals surface area contributed by atoms with E-state index < -0.39 is 0 Å². The van der Waals surface area contributed by atoms with Gasteiger partial charge in [0.15, 0.2) is 5.82 Å². The molecule has 2 aliphatic rings. The molecule has 6 nitrogen and oxygen atoms in total. The van der Waals surface area contributed by atoms with Crippen LogP contribution in [0.3, 0.4) is 0 Å². The topological polar surface area (TPSA) is 64.3 Å². The van der Waals surface area contributed by atoms with E-state index in [1.165, 1.54) is 0 Å². The number of benzene rings is 1. The fourth-order valence-electron chi connectivity index (χ4n) is 3.77. The molecule has 0 spiro atoms. The fourth-order valence-corrected chi connectivity index (χ4v) is 3.77. The highest BCUT2D eigenvalue weighted by molar-refractivity contribution is 5.94. The molecule has 2 N–H and O–H groups in total. The number of anilines is 1. The lowest BCUT2D eigenvalue weighted by Crippen LogP contribution is -2.43. The summed E-state index contributed by atoms with van der Waals surface area (Å²) < 4.78 is 0. The van der Waals surface area contributed by atoms with Crippen LogP contribution in [0.1, 0.15) is 34.8 Å². The molecule has 2 saturated heterocycles. The van der Waals surface area contributed by atoms with E-state index in [1.807, 2.05) is 35.2 Å². The van der Waals surface area contributed by atoms with Gasteiger partial charge in [0.2, 0.25) is 0 Å². The first-order valence-corrected chi connectivity index (χ1v) is 9.16. The second-order valence-corrected chi connectivity index (χ2v) is 6.87. The summed E-state index contributed by atoms with van der Waals surface area (Å²) in [5.41, 5.74) is 1.92. The van der Waals surface area contributed by atoms with Crippen molar-refractivity contribution >= 4 is 11.7 Å². The van der Waals surface area contributed by atoms with Crippen LogP contribution in [0.4, 0.5) is 5.82 Å². The molecule has 25 heavy (non-hydrogen) atoms.